The third kappa shape index (κ3) is 4.27. The molecule has 1 aromatic heterocycles. The normalized spacial score (nSPS) is 17.3. The molecule has 1 aliphatic heterocycles. The van der Waals surface area contributed by atoms with Crippen molar-refractivity contribution in [1.29, 1.82) is 0 Å². The summed E-state index contributed by atoms with van der Waals surface area (Å²) in [7, 11) is 5.51. The Morgan fingerprint density at radius 2 is 2.08 bits per heavy atom. The summed E-state index contributed by atoms with van der Waals surface area (Å²) in [6, 6.07) is 10.5. The molecule has 0 fully saturated rings. The van der Waals surface area contributed by atoms with Crippen LogP contribution in [0.2, 0.25) is 0 Å². The first-order chi connectivity index (χ1) is 12.0. The van der Waals surface area contributed by atoms with Crippen LogP contribution in [-0.4, -0.2) is 59.1 Å². The Morgan fingerprint density at radius 3 is 2.80 bits per heavy atom. The minimum Gasteiger partial charge on any atom is -0.371 e. The third-order valence-electron chi connectivity index (χ3n) is 4.59. The topological polar surface area (TPSA) is 50.6 Å². The second-order valence-electron chi connectivity index (χ2n) is 6.84. The van der Waals surface area contributed by atoms with Crippen molar-refractivity contribution in [3.05, 3.63) is 53.6 Å². The van der Waals surface area contributed by atoms with Crippen LogP contribution in [0.3, 0.4) is 0 Å². The fourth-order valence-corrected chi connectivity index (χ4v) is 3.32. The molecule has 134 valence electrons. The van der Waals surface area contributed by atoms with Gasteiger partial charge in [-0.15, -0.1) is 0 Å². The molecule has 0 unspecified atom stereocenters. The largest absolute Gasteiger partial charge is 0.371 e. The first kappa shape index (κ1) is 17.6. The molecule has 6 heteroatoms. The molecule has 0 saturated heterocycles. The van der Waals surface area contributed by atoms with Crippen LogP contribution in [0.5, 0.6) is 0 Å². The van der Waals surface area contributed by atoms with Crippen molar-refractivity contribution in [2.24, 2.45) is 7.05 Å². The van der Waals surface area contributed by atoms with Crippen molar-refractivity contribution in [3.63, 3.8) is 0 Å². The molecule has 1 atom stereocenters. The van der Waals surface area contributed by atoms with Crippen LogP contribution in [-0.2, 0) is 29.7 Å². The minimum atomic E-state index is -0.0119. The van der Waals surface area contributed by atoms with Gasteiger partial charge in [0, 0.05) is 52.4 Å². The Hall–Kier alpha value is -2.18. The van der Waals surface area contributed by atoms with Gasteiger partial charge < -0.3 is 14.2 Å². The summed E-state index contributed by atoms with van der Waals surface area (Å²) >= 11 is 0. The number of hydrogen-bond acceptors (Lipinski definition) is 4. The van der Waals surface area contributed by atoms with Gasteiger partial charge in [0.25, 0.3) is 0 Å². The highest BCUT2D eigenvalue weighted by atomic mass is 16.5. The molecule has 0 saturated carbocycles. The lowest BCUT2D eigenvalue weighted by Crippen LogP contribution is -2.36. The second kappa shape index (κ2) is 7.80. The van der Waals surface area contributed by atoms with E-state index in [0.29, 0.717) is 6.61 Å². The number of nitrogens with zero attached hydrogens (tertiary/aromatic N) is 4. The lowest BCUT2D eigenvalue weighted by Gasteiger charge is -2.32. The number of fused-ring (bicyclic) bond motifs is 1. The fraction of sp³-hybridized carbons (Fsp3) is 0.474. The van der Waals surface area contributed by atoms with Gasteiger partial charge in [0.2, 0.25) is 5.91 Å². The van der Waals surface area contributed by atoms with Crippen molar-refractivity contribution >= 4 is 5.91 Å². The van der Waals surface area contributed by atoms with Crippen LogP contribution >= 0.6 is 0 Å². The van der Waals surface area contributed by atoms with Crippen LogP contribution in [0, 0.1) is 0 Å². The zero-order chi connectivity index (χ0) is 17.8. The molecule has 0 bridgehead atoms. The van der Waals surface area contributed by atoms with E-state index in [9.17, 15) is 4.79 Å². The molecule has 25 heavy (non-hydrogen) atoms. The number of aromatic nitrogens is 2. The lowest BCUT2D eigenvalue weighted by molar-refractivity contribution is -0.133. The zero-order valence-corrected chi connectivity index (χ0v) is 15.2. The number of ether oxygens (including phenoxy) is 1. The van der Waals surface area contributed by atoms with E-state index in [1.54, 1.807) is 19.0 Å². The van der Waals surface area contributed by atoms with Gasteiger partial charge in [-0.3, -0.25) is 9.69 Å². The minimum absolute atomic E-state index is 0.0119. The van der Waals surface area contributed by atoms with Crippen LogP contribution in [0.25, 0.3) is 0 Å². The second-order valence-corrected chi connectivity index (χ2v) is 6.84. The van der Waals surface area contributed by atoms with Gasteiger partial charge in [-0.1, -0.05) is 30.3 Å². The molecule has 0 aliphatic carbocycles. The van der Waals surface area contributed by atoms with Gasteiger partial charge in [-0.05, 0) is 5.56 Å². The molecular formula is C19H26N4O2. The summed E-state index contributed by atoms with van der Waals surface area (Å²) in [6.07, 6.45) is 1.87. The maximum Gasteiger partial charge on any atom is 0.248 e. The molecule has 2 aromatic rings. The first-order valence-electron chi connectivity index (χ1n) is 8.59. The maximum absolute atomic E-state index is 11.7. The zero-order valence-electron chi connectivity index (χ0n) is 15.2. The summed E-state index contributed by atoms with van der Waals surface area (Å²) in [5, 5.41) is 0. The fourth-order valence-electron chi connectivity index (χ4n) is 3.32. The van der Waals surface area contributed by atoms with E-state index < -0.39 is 0 Å². The van der Waals surface area contributed by atoms with Crippen LogP contribution in [0.1, 0.15) is 22.9 Å². The van der Waals surface area contributed by atoms with Gasteiger partial charge in [0.1, 0.15) is 6.61 Å². The molecule has 3 rings (SSSR count). The van der Waals surface area contributed by atoms with E-state index in [4.69, 9.17) is 4.74 Å². The number of carbonyl (C=O) groups is 1. The van der Waals surface area contributed by atoms with Gasteiger partial charge in [0.15, 0.2) is 0 Å². The Labute approximate surface area is 149 Å². The molecule has 1 aromatic carbocycles. The number of hydrogen-bond donors (Lipinski definition) is 0. The van der Waals surface area contributed by atoms with Gasteiger partial charge in [-0.2, -0.15) is 0 Å². The third-order valence-corrected chi connectivity index (χ3v) is 4.59. The molecular weight excluding hydrogens is 316 g/mol. The van der Waals surface area contributed by atoms with E-state index in [1.807, 2.05) is 19.4 Å². The number of aryl methyl sites for hydroxylation is 1. The quantitative estimate of drug-likeness (QED) is 0.801. The van der Waals surface area contributed by atoms with Gasteiger partial charge in [0.05, 0.1) is 18.6 Å². The number of amides is 1. The molecule has 0 radical (unpaired) electrons. The van der Waals surface area contributed by atoms with E-state index >= 15 is 0 Å². The predicted molar refractivity (Wildman–Crippen MR) is 96.0 cm³/mol. The molecule has 0 N–H and O–H groups in total. The van der Waals surface area contributed by atoms with E-state index in [-0.39, 0.29) is 18.4 Å². The highest BCUT2D eigenvalue weighted by Crippen LogP contribution is 2.28. The standard InChI is InChI=1S/C19H26N4O2/c1-21(2)18(24)13-25-12-16-10-23(9-15-7-5-4-6-8-15)11-17-19(16)22(3)14-20-17/h4-8,14,16H,9-13H2,1-3H3/t16-/m1/s1. The summed E-state index contributed by atoms with van der Waals surface area (Å²) in [4.78, 5) is 20.2. The lowest BCUT2D eigenvalue weighted by atomic mass is 9.98. The molecule has 6 nitrogen and oxygen atoms in total. The number of rotatable bonds is 6. The predicted octanol–water partition coefficient (Wildman–Crippen LogP) is 1.62. The maximum atomic E-state index is 11.7. The van der Waals surface area contributed by atoms with Crippen molar-refractivity contribution in [2.45, 2.75) is 19.0 Å². The molecule has 1 amide bonds. The highest BCUT2D eigenvalue weighted by Gasteiger charge is 2.29. The van der Waals surface area contributed by atoms with Crippen LogP contribution in [0.4, 0.5) is 0 Å². The molecule has 0 spiro atoms. The Balaban J connectivity index is 1.67. The molecule has 1 aliphatic rings. The summed E-state index contributed by atoms with van der Waals surface area (Å²) in [6.45, 7) is 3.28. The monoisotopic (exact) mass is 342 g/mol. The summed E-state index contributed by atoms with van der Waals surface area (Å²) < 4.78 is 7.80. The van der Waals surface area contributed by atoms with Crippen molar-refractivity contribution < 1.29 is 9.53 Å². The average molecular weight is 342 g/mol. The summed E-state index contributed by atoms with van der Waals surface area (Å²) in [5.41, 5.74) is 3.63. The number of imidazole rings is 1. The van der Waals surface area contributed by atoms with E-state index in [0.717, 1.165) is 25.3 Å². The Bertz CT molecular complexity index is 711. The summed E-state index contributed by atoms with van der Waals surface area (Å²) in [5.74, 6) is 0.206. The van der Waals surface area contributed by atoms with Crippen molar-refractivity contribution in [2.75, 3.05) is 33.9 Å². The smallest absolute Gasteiger partial charge is 0.248 e. The van der Waals surface area contributed by atoms with Gasteiger partial charge in [-0.25, -0.2) is 4.98 Å². The molecule has 2 heterocycles. The van der Waals surface area contributed by atoms with Crippen molar-refractivity contribution in [3.8, 4) is 0 Å². The van der Waals surface area contributed by atoms with E-state index in [2.05, 4.69) is 38.7 Å². The van der Waals surface area contributed by atoms with Crippen molar-refractivity contribution in [1.82, 2.24) is 19.4 Å². The van der Waals surface area contributed by atoms with Gasteiger partial charge >= 0.3 is 0 Å². The van der Waals surface area contributed by atoms with E-state index in [1.165, 1.54) is 11.3 Å². The number of benzene rings is 1. The Kier molecular flexibility index (Phi) is 5.50. The number of likely N-dealkylation sites (N-methyl/N-ethyl adjacent to an activating group) is 1. The first-order valence-corrected chi connectivity index (χ1v) is 8.59. The SMILES string of the molecule is CN(C)C(=O)COC[C@H]1CN(Cc2ccccc2)Cc2ncn(C)c21. The highest BCUT2D eigenvalue weighted by molar-refractivity contribution is 5.76. The van der Waals surface area contributed by atoms with Crippen LogP contribution < -0.4 is 0 Å². The van der Waals surface area contributed by atoms with Crippen LogP contribution in [0.15, 0.2) is 36.7 Å². The average Bonchev–Trinajstić information content (AvgIpc) is 2.96. The number of carbonyl (C=O) groups excluding carboxylic acids is 1. The Morgan fingerprint density at radius 1 is 1.32 bits per heavy atom.